The number of ether oxygens (including phenoxy) is 1. The van der Waals surface area contributed by atoms with Crippen molar-refractivity contribution in [3.63, 3.8) is 0 Å². The van der Waals surface area contributed by atoms with Crippen LogP contribution < -0.4 is 4.74 Å². The first-order valence-corrected chi connectivity index (χ1v) is 12.3. The predicted molar refractivity (Wildman–Crippen MR) is 131 cm³/mol. The van der Waals surface area contributed by atoms with Gasteiger partial charge >= 0.3 is 0 Å². The molecule has 166 valence electrons. The number of hydrogen-bond donors (Lipinski definition) is 1. The van der Waals surface area contributed by atoms with E-state index >= 15 is 0 Å². The Labute approximate surface area is 191 Å². The number of fused-ring (bicyclic) bond motifs is 1. The molecule has 0 spiro atoms. The van der Waals surface area contributed by atoms with Gasteiger partial charge < -0.3 is 9.84 Å². The number of hydrogen-bond acceptors (Lipinski definition) is 2. The summed E-state index contributed by atoms with van der Waals surface area (Å²) in [6, 6.07) is 19.8. The monoisotopic (exact) mass is 426 g/mol. The third-order valence-electron chi connectivity index (χ3n) is 8.69. The van der Waals surface area contributed by atoms with Crippen molar-refractivity contribution < 1.29 is 9.84 Å². The first-order chi connectivity index (χ1) is 15.3. The molecule has 2 nitrogen and oxygen atoms in total. The molecular formula is C30H34O2. The molecule has 0 amide bonds. The zero-order valence-corrected chi connectivity index (χ0v) is 19.5. The second kappa shape index (κ2) is 7.09. The molecule has 4 aliphatic carbocycles. The Bertz CT molecular complexity index is 1150. The number of methoxy groups -OCH3 is 1. The molecule has 4 saturated carbocycles. The van der Waals surface area contributed by atoms with Crippen LogP contribution in [0.1, 0.15) is 63.5 Å². The van der Waals surface area contributed by atoms with Gasteiger partial charge in [0, 0.05) is 5.56 Å². The van der Waals surface area contributed by atoms with Crippen molar-refractivity contribution in [3.8, 4) is 16.9 Å². The molecule has 0 aliphatic heterocycles. The first kappa shape index (κ1) is 20.3. The van der Waals surface area contributed by atoms with E-state index in [1.807, 2.05) is 27.0 Å². The summed E-state index contributed by atoms with van der Waals surface area (Å²) in [7, 11) is 1.83. The normalized spacial score (nSPS) is 28.9. The van der Waals surface area contributed by atoms with E-state index < -0.39 is 5.60 Å². The van der Waals surface area contributed by atoms with Crippen LogP contribution in [0.4, 0.5) is 0 Å². The molecule has 0 unspecified atom stereocenters. The van der Waals surface area contributed by atoms with Gasteiger partial charge in [-0.25, -0.2) is 0 Å². The Hall–Kier alpha value is -2.32. The molecule has 0 aromatic heterocycles. The second-order valence-electron chi connectivity index (χ2n) is 11.4. The molecule has 1 N–H and O–H groups in total. The molecule has 3 aromatic carbocycles. The van der Waals surface area contributed by atoms with Crippen LogP contribution in [0.5, 0.6) is 5.75 Å². The van der Waals surface area contributed by atoms with Gasteiger partial charge in [0.05, 0.1) is 12.7 Å². The van der Waals surface area contributed by atoms with Crippen molar-refractivity contribution in [1.82, 2.24) is 0 Å². The summed E-state index contributed by atoms with van der Waals surface area (Å²) in [4.78, 5) is 0. The fourth-order valence-electron chi connectivity index (χ4n) is 7.55. The van der Waals surface area contributed by atoms with Crippen molar-refractivity contribution in [2.75, 3.05) is 7.11 Å². The molecule has 0 radical (unpaired) electrons. The van der Waals surface area contributed by atoms with Crippen LogP contribution in [0.25, 0.3) is 21.9 Å². The van der Waals surface area contributed by atoms with Crippen molar-refractivity contribution in [2.24, 2.45) is 17.8 Å². The van der Waals surface area contributed by atoms with Crippen LogP contribution in [-0.2, 0) is 11.0 Å². The maximum absolute atomic E-state index is 10.4. The van der Waals surface area contributed by atoms with Crippen molar-refractivity contribution in [1.29, 1.82) is 0 Å². The van der Waals surface area contributed by atoms with Gasteiger partial charge in [0.15, 0.2) is 0 Å². The number of rotatable bonds is 4. The van der Waals surface area contributed by atoms with E-state index in [9.17, 15) is 5.11 Å². The molecule has 0 atom stereocenters. The van der Waals surface area contributed by atoms with Crippen molar-refractivity contribution >= 4 is 10.8 Å². The quantitative estimate of drug-likeness (QED) is 0.477. The average Bonchev–Trinajstić information content (AvgIpc) is 2.76. The highest BCUT2D eigenvalue weighted by Crippen LogP contribution is 2.62. The fourth-order valence-corrected chi connectivity index (χ4v) is 7.55. The van der Waals surface area contributed by atoms with Crippen LogP contribution >= 0.6 is 0 Å². The van der Waals surface area contributed by atoms with Crippen LogP contribution in [0.3, 0.4) is 0 Å². The van der Waals surface area contributed by atoms with Crippen LogP contribution in [-0.4, -0.2) is 12.2 Å². The molecular weight excluding hydrogens is 392 g/mol. The van der Waals surface area contributed by atoms with Crippen LogP contribution in [0.2, 0.25) is 0 Å². The van der Waals surface area contributed by atoms with Gasteiger partial charge in [0.25, 0.3) is 0 Å². The predicted octanol–water partition coefficient (Wildman–Crippen LogP) is 7.21. The summed E-state index contributed by atoms with van der Waals surface area (Å²) < 4.78 is 5.92. The van der Waals surface area contributed by atoms with E-state index in [4.69, 9.17) is 4.74 Å². The van der Waals surface area contributed by atoms with Gasteiger partial charge in [-0.3, -0.25) is 0 Å². The van der Waals surface area contributed by atoms with Gasteiger partial charge in [0.2, 0.25) is 0 Å². The number of aliphatic hydroxyl groups is 1. The van der Waals surface area contributed by atoms with Gasteiger partial charge in [-0.2, -0.15) is 0 Å². The van der Waals surface area contributed by atoms with Gasteiger partial charge in [-0.15, -0.1) is 0 Å². The second-order valence-corrected chi connectivity index (χ2v) is 11.4. The van der Waals surface area contributed by atoms with E-state index in [2.05, 4.69) is 48.5 Å². The maximum atomic E-state index is 10.4. The molecule has 2 heteroatoms. The molecule has 32 heavy (non-hydrogen) atoms. The molecule has 7 rings (SSSR count). The highest BCUT2D eigenvalue weighted by molar-refractivity contribution is 5.88. The summed E-state index contributed by atoms with van der Waals surface area (Å²) in [5.41, 5.74) is 4.43. The topological polar surface area (TPSA) is 29.5 Å². The Balaban J connectivity index is 1.41. The van der Waals surface area contributed by atoms with E-state index in [1.54, 1.807) is 0 Å². The smallest absolute Gasteiger partial charge is 0.122 e. The zero-order chi connectivity index (χ0) is 22.1. The third kappa shape index (κ3) is 3.27. The minimum atomic E-state index is -0.824. The standard InChI is InChI=1S/C30H34O2/c1-29(2,31)26-8-6-23-13-22(4-5-24(23)14-26)25-7-9-28(32-3)27(15-25)30-16-19-10-20(17-30)12-21(11-19)18-30/h4-9,13-15,19-21,31H,10-12,16-18H2,1-3H3. The summed E-state index contributed by atoms with van der Waals surface area (Å²) in [5.74, 6) is 3.83. The van der Waals surface area contributed by atoms with E-state index in [-0.39, 0.29) is 0 Å². The zero-order valence-electron chi connectivity index (χ0n) is 19.5. The highest BCUT2D eigenvalue weighted by Gasteiger charge is 2.52. The molecule has 3 aromatic rings. The lowest BCUT2D eigenvalue weighted by Gasteiger charge is -2.57. The Morgan fingerprint density at radius 1 is 0.781 bits per heavy atom. The maximum Gasteiger partial charge on any atom is 0.122 e. The van der Waals surface area contributed by atoms with Crippen LogP contribution in [0, 0.1) is 17.8 Å². The lowest BCUT2D eigenvalue weighted by atomic mass is 9.48. The largest absolute Gasteiger partial charge is 0.496 e. The summed E-state index contributed by atoms with van der Waals surface area (Å²) in [5, 5.41) is 12.7. The van der Waals surface area contributed by atoms with Crippen molar-refractivity contribution in [2.45, 2.75) is 63.4 Å². The van der Waals surface area contributed by atoms with E-state index in [0.29, 0.717) is 5.41 Å². The van der Waals surface area contributed by atoms with Gasteiger partial charge in [0.1, 0.15) is 5.75 Å². The summed E-state index contributed by atoms with van der Waals surface area (Å²) >= 11 is 0. The lowest BCUT2D eigenvalue weighted by Crippen LogP contribution is -2.48. The molecule has 0 heterocycles. The first-order valence-electron chi connectivity index (χ1n) is 12.3. The minimum Gasteiger partial charge on any atom is -0.496 e. The SMILES string of the molecule is COc1ccc(-c2ccc3cc(C(C)(C)O)ccc3c2)cc1C12CC3CC(CC(C3)C1)C2. The summed E-state index contributed by atoms with van der Waals surface area (Å²) in [6.07, 6.45) is 8.40. The number of benzene rings is 3. The molecule has 4 fully saturated rings. The van der Waals surface area contributed by atoms with E-state index in [1.165, 1.54) is 66.0 Å². The Morgan fingerprint density at radius 3 is 1.97 bits per heavy atom. The van der Waals surface area contributed by atoms with E-state index in [0.717, 1.165) is 29.1 Å². The Morgan fingerprint density at radius 2 is 1.34 bits per heavy atom. The molecule has 4 bridgehead atoms. The van der Waals surface area contributed by atoms with Gasteiger partial charge in [-0.05, 0) is 127 Å². The minimum absolute atomic E-state index is 0.314. The molecule has 0 saturated heterocycles. The highest BCUT2D eigenvalue weighted by atomic mass is 16.5. The Kier molecular flexibility index (Phi) is 4.50. The molecule has 4 aliphatic rings. The summed E-state index contributed by atoms with van der Waals surface area (Å²) in [6.45, 7) is 3.68. The fraction of sp³-hybridized carbons (Fsp3) is 0.467. The van der Waals surface area contributed by atoms with Crippen LogP contribution in [0.15, 0.2) is 54.6 Å². The third-order valence-corrected chi connectivity index (χ3v) is 8.69. The van der Waals surface area contributed by atoms with Crippen molar-refractivity contribution in [3.05, 3.63) is 65.7 Å². The lowest BCUT2D eigenvalue weighted by molar-refractivity contribution is -0.00613. The average molecular weight is 427 g/mol. The van der Waals surface area contributed by atoms with Gasteiger partial charge in [-0.1, -0.05) is 30.3 Å².